The second-order valence-electron chi connectivity index (χ2n) is 8.31. The Morgan fingerprint density at radius 3 is 2.56 bits per heavy atom. The minimum atomic E-state index is -1.59. The molecule has 2 fully saturated rings. The van der Waals surface area contributed by atoms with E-state index in [0.29, 0.717) is 0 Å². The number of carbonyl (C=O) groups is 1. The number of ether oxygens (including phenoxy) is 4. The number of halogens is 3. The zero-order valence-electron chi connectivity index (χ0n) is 18.9. The standard InChI is InChI=1S/C23H22F3N5O5/c1-33-20-18(31-9-15(29-30-31)12-7-13(24)17(26)14(25)8-12)19-16(35-21(20)22(32)28-27)10-34-23(36-19)11-5-3-2-4-6-11/h2-9,16,18-21,23H,10,27H2,1H3,(H,28,32)/t16-,18+,19+,20-,21-,23?/m1/s1. The first-order valence-corrected chi connectivity index (χ1v) is 11.0. The minimum absolute atomic E-state index is 0.0264. The molecule has 1 amide bonds. The first-order chi connectivity index (χ1) is 17.4. The average Bonchev–Trinajstić information content (AvgIpc) is 3.40. The van der Waals surface area contributed by atoms with Crippen molar-refractivity contribution >= 4 is 5.91 Å². The highest BCUT2D eigenvalue weighted by Crippen LogP contribution is 2.40. The number of nitrogens with two attached hydrogens (primary N) is 1. The highest BCUT2D eigenvalue weighted by Gasteiger charge is 2.53. The molecule has 3 aromatic rings. The van der Waals surface area contributed by atoms with Crippen LogP contribution in [0.5, 0.6) is 0 Å². The normalized spacial score (nSPS) is 27.9. The molecule has 0 saturated carbocycles. The van der Waals surface area contributed by atoms with Crippen molar-refractivity contribution in [2.45, 2.75) is 36.7 Å². The van der Waals surface area contributed by atoms with Crippen LogP contribution < -0.4 is 11.3 Å². The maximum Gasteiger partial charge on any atom is 0.265 e. The molecule has 1 aromatic heterocycles. The van der Waals surface area contributed by atoms with Gasteiger partial charge in [0.2, 0.25) is 0 Å². The summed E-state index contributed by atoms with van der Waals surface area (Å²) in [6.07, 6.45) is -2.87. The van der Waals surface area contributed by atoms with Crippen molar-refractivity contribution in [2.24, 2.45) is 5.84 Å². The molecule has 6 atom stereocenters. The Morgan fingerprint density at radius 2 is 1.89 bits per heavy atom. The smallest absolute Gasteiger partial charge is 0.265 e. The van der Waals surface area contributed by atoms with Crippen LogP contribution in [0.25, 0.3) is 11.3 Å². The summed E-state index contributed by atoms with van der Waals surface area (Å²) in [5, 5.41) is 8.11. The molecular weight excluding hydrogens is 483 g/mol. The zero-order chi connectivity index (χ0) is 25.4. The molecule has 36 heavy (non-hydrogen) atoms. The van der Waals surface area contributed by atoms with Crippen molar-refractivity contribution in [1.82, 2.24) is 20.4 Å². The first kappa shape index (κ1) is 24.3. The summed E-state index contributed by atoms with van der Waals surface area (Å²) in [5.41, 5.74) is 2.87. The summed E-state index contributed by atoms with van der Waals surface area (Å²) in [4.78, 5) is 12.5. The van der Waals surface area contributed by atoms with E-state index < -0.39 is 60.1 Å². The lowest BCUT2D eigenvalue weighted by Crippen LogP contribution is -2.63. The highest BCUT2D eigenvalue weighted by molar-refractivity contribution is 5.81. The number of benzene rings is 2. The molecule has 2 saturated heterocycles. The SMILES string of the molecule is CO[C@@H]1[C@@H](n2cc(-c3cc(F)c(F)c(F)c3)nn2)[C@H]2OC(c3ccccc3)OC[C@H]2O[C@H]1C(=O)NN. The van der Waals surface area contributed by atoms with E-state index in [4.69, 9.17) is 24.8 Å². The van der Waals surface area contributed by atoms with Crippen molar-refractivity contribution < 1.29 is 36.9 Å². The van der Waals surface area contributed by atoms with Crippen molar-refractivity contribution in [3.05, 3.63) is 71.7 Å². The van der Waals surface area contributed by atoms with Crippen LogP contribution in [0.15, 0.2) is 48.7 Å². The van der Waals surface area contributed by atoms with Gasteiger partial charge in [0.1, 0.15) is 30.0 Å². The van der Waals surface area contributed by atoms with Gasteiger partial charge in [0.15, 0.2) is 29.8 Å². The average molecular weight is 505 g/mol. The van der Waals surface area contributed by atoms with Gasteiger partial charge >= 0.3 is 0 Å². The first-order valence-electron chi connectivity index (χ1n) is 11.0. The van der Waals surface area contributed by atoms with Crippen molar-refractivity contribution in [1.29, 1.82) is 0 Å². The topological polar surface area (TPSA) is 123 Å². The van der Waals surface area contributed by atoms with Crippen molar-refractivity contribution in [2.75, 3.05) is 13.7 Å². The number of hydrogen-bond donors (Lipinski definition) is 2. The Morgan fingerprint density at radius 1 is 1.17 bits per heavy atom. The summed E-state index contributed by atoms with van der Waals surface area (Å²) in [7, 11) is 1.38. The minimum Gasteiger partial charge on any atom is -0.376 e. The molecule has 13 heteroatoms. The predicted octanol–water partition coefficient (Wildman–Crippen LogP) is 1.79. The van der Waals surface area contributed by atoms with Crippen LogP contribution in [0.2, 0.25) is 0 Å². The van der Waals surface area contributed by atoms with Crippen LogP contribution in [-0.4, -0.2) is 59.0 Å². The fourth-order valence-corrected chi connectivity index (χ4v) is 4.50. The van der Waals surface area contributed by atoms with Crippen molar-refractivity contribution in [3.63, 3.8) is 0 Å². The Labute approximate surface area is 203 Å². The van der Waals surface area contributed by atoms with Gasteiger partial charge in [0.25, 0.3) is 5.91 Å². The van der Waals surface area contributed by atoms with E-state index in [1.165, 1.54) is 18.0 Å². The van der Waals surface area contributed by atoms with Crippen LogP contribution in [0.1, 0.15) is 17.9 Å². The van der Waals surface area contributed by atoms with Crippen LogP contribution in [0.3, 0.4) is 0 Å². The Balaban J connectivity index is 1.53. The number of methoxy groups -OCH3 is 1. The molecule has 1 unspecified atom stereocenters. The summed E-state index contributed by atoms with van der Waals surface area (Å²) in [5.74, 6) is 0.405. The number of aromatic nitrogens is 3. The van der Waals surface area contributed by atoms with Gasteiger partial charge in [-0.05, 0) is 12.1 Å². The third kappa shape index (κ3) is 4.35. The lowest BCUT2D eigenvalue weighted by molar-refractivity contribution is -0.314. The van der Waals surface area contributed by atoms with E-state index >= 15 is 0 Å². The molecule has 2 aromatic carbocycles. The van der Waals surface area contributed by atoms with E-state index in [-0.39, 0.29) is 17.9 Å². The molecule has 0 spiro atoms. The molecule has 3 N–H and O–H groups in total. The van der Waals surface area contributed by atoms with Crippen LogP contribution in [0, 0.1) is 17.5 Å². The van der Waals surface area contributed by atoms with Gasteiger partial charge in [-0.1, -0.05) is 35.5 Å². The summed E-state index contributed by atoms with van der Waals surface area (Å²) >= 11 is 0. The number of hydrogen-bond acceptors (Lipinski definition) is 8. The molecule has 190 valence electrons. The van der Waals surface area contributed by atoms with Gasteiger partial charge in [-0.15, -0.1) is 5.10 Å². The second-order valence-corrected chi connectivity index (χ2v) is 8.31. The molecular formula is C23H22F3N5O5. The van der Waals surface area contributed by atoms with Gasteiger partial charge in [-0.2, -0.15) is 0 Å². The third-order valence-corrected chi connectivity index (χ3v) is 6.19. The molecule has 0 radical (unpaired) electrons. The van der Waals surface area contributed by atoms with Crippen molar-refractivity contribution in [3.8, 4) is 11.3 Å². The molecule has 10 nitrogen and oxygen atoms in total. The van der Waals surface area contributed by atoms with E-state index in [0.717, 1.165) is 17.7 Å². The summed E-state index contributed by atoms with van der Waals surface area (Å²) in [6.45, 7) is 0.0848. The van der Waals surface area contributed by atoms with Gasteiger partial charge < -0.3 is 18.9 Å². The molecule has 0 aliphatic carbocycles. The Hall–Kier alpha value is -3.36. The van der Waals surface area contributed by atoms with E-state index in [9.17, 15) is 18.0 Å². The fraction of sp³-hybridized carbons (Fsp3) is 0.348. The summed E-state index contributed by atoms with van der Waals surface area (Å²) in [6, 6.07) is 10.1. The number of fused-ring (bicyclic) bond motifs is 1. The largest absolute Gasteiger partial charge is 0.376 e. The maximum absolute atomic E-state index is 13.8. The van der Waals surface area contributed by atoms with Gasteiger partial charge in [-0.25, -0.2) is 23.7 Å². The molecule has 2 aliphatic rings. The number of nitrogens with zero attached hydrogens (tertiary/aromatic N) is 3. The maximum atomic E-state index is 13.8. The van der Waals surface area contributed by atoms with Crippen LogP contribution in [0.4, 0.5) is 13.2 Å². The van der Waals surface area contributed by atoms with Gasteiger partial charge in [-0.3, -0.25) is 10.2 Å². The lowest BCUT2D eigenvalue weighted by Gasteiger charge is -2.48. The van der Waals surface area contributed by atoms with E-state index in [2.05, 4.69) is 15.7 Å². The molecule has 2 aliphatic heterocycles. The van der Waals surface area contributed by atoms with E-state index in [1.54, 1.807) is 0 Å². The lowest BCUT2D eigenvalue weighted by atomic mass is 9.91. The summed E-state index contributed by atoms with van der Waals surface area (Å²) < 4.78 is 66.1. The fourth-order valence-electron chi connectivity index (χ4n) is 4.50. The van der Waals surface area contributed by atoms with Crippen LogP contribution in [-0.2, 0) is 23.7 Å². The Bertz CT molecular complexity index is 1220. The molecule has 3 heterocycles. The molecule has 5 rings (SSSR count). The third-order valence-electron chi connectivity index (χ3n) is 6.19. The highest BCUT2D eigenvalue weighted by atomic mass is 19.2. The zero-order valence-corrected chi connectivity index (χ0v) is 18.9. The quantitative estimate of drug-likeness (QED) is 0.233. The van der Waals surface area contributed by atoms with Gasteiger partial charge in [0, 0.05) is 18.2 Å². The number of amides is 1. The number of hydrazine groups is 1. The predicted molar refractivity (Wildman–Crippen MR) is 116 cm³/mol. The number of rotatable bonds is 5. The Kier molecular flexibility index (Phi) is 6.73. The van der Waals surface area contributed by atoms with E-state index in [1.807, 2.05) is 30.3 Å². The molecule has 0 bridgehead atoms. The van der Waals surface area contributed by atoms with Crippen LogP contribution >= 0.6 is 0 Å². The number of carbonyl (C=O) groups excluding carboxylic acids is 1. The monoisotopic (exact) mass is 505 g/mol. The van der Waals surface area contributed by atoms with Gasteiger partial charge in [0.05, 0.1) is 12.8 Å². The number of nitrogens with one attached hydrogen (secondary N) is 1. The second kappa shape index (κ2) is 9.95.